The molecule has 0 saturated carbocycles. The van der Waals surface area contributed by atoms with Crippen molar-refractivity contribution in [2.75, 3.05) is 18.5 Å². The van der Waals surface area contributed by atoms with Crippen molar-refractivity contribution in [1.82, 2.24) is 5.32 Å². The molecule has 3 rings (SSSR count). The summed E-state index contributed by atoms with van der Waals surface area (Å²) in [5.74, 6) is -0.425. The number of rotatable bonds is 3. The third kappa shape index (κ3) is 3.64. The highest BCUT2D eigenvalue weighted by molar-refractivity contribution is 7.89. The quantitative estimate of drug-likeness (QED) is 0.805. The summed E-state index contributed by atoms with van der Waals surface area (Å²) in [5.41, 5.74) is 1.09. The van der Waals surface area contributed by atoms with Gasteiger partial charge in [-0.1, -0.05) is 18.2 Å². The van der Waals surface area contributed by atoms with Gasteiger partial charge in [0, 0.05) is 12.6 Å². The van der Waals surface area contributed by atoms with E-state index in [0.29, 0.717) is 17.0 Å². The Hall–Kier alpha value is -2.91. The SMILES string of the molecule is CNC(=O)[C@H]1CN(C(=O)c2ccc(C)c(S(N)(=O)=O)c2)c2ccccc2O1. The molecule has 1 aliphatic rings. The number of para-hydroxylation sites is 2. The number of likely N-dealkylation sites (N-methyl/N-ethyl adjacent to an activating group) is 1. The first-order valence-electron chi connectivity index (χ1n) is 8.15. The predicted octanol–water partition coefficient (Wildman–Crippen LogP) is 0.796. The number of fused-ring (bicyclic) bond motifs is 1. The molecule has 1 atom stereocenters. The van der Waals surface area contributed by atoms with Crippen molar-refractivity contribution < 1.29 is 22.7 Å². The van der Waals surface area contributed by atoms with Crippen LogP contribution in [-0.4, -0.2) is 39.9 Å². The average molecular weight is 389 g/mol. The Morgan fingerprint density at radius 2 is 1.93 bits per heavy atom. The van der Waals surface area contributed by atoms with Gasteiger partial charge in [0.2, 0.25) is 10.0 Å². The van der Waals surface area contributed by atoms with E-state index in [2.05, 4.69) is 5.32 Å². The highest BCUT2D eigenvalue weighted by Gasteiger charge is 2.34. The minimum Gasteiger partial charge on any atom is -0.477 e. The van der Waals surface area contributed by atoms with E-state index in [1.54, 1.807) is 31.2 Å². The van der Waals surface area contributed by atoms with E-state index in [1.807, 2.05) is 0 Å². The molecule has 142 valence electrons. The first-order valence-corrected chi connectivity index (χ1v) is 9.69. The van der Waals surface area contributed by atoms with Gasteiger partial charge < -0.3 is 15.0 Å². The number of nitrogens with one attached hydrogen (secondary N) is 1. The highest BCUT2D eigenvalue weighted by atomic mass is 32.2. The van der Waals surface area contributed by atoms with Crippen LogP contribution in [0.25, 0.3) is 0 Å². The van der Waals surface area contributed by atoms with Crippen molar-refractivity contribution in [1.29, 1.82) is 0 Å². The van der Waals surface area contributed by atoms with Gasteiger partial charge >= 0.3 is 0 Å². The van der Waals surface area contributed by atoms with E-state index in [4.69, 9.17) is 9.88 Å². The molecule has 27 heavy (non-hydrogen) atoms. The number of primary sulfonamides is 1. The van der Waals surface area contributed by atoms with Crippen LogP contribution in [-0.2, 0) is 14.8 Å². The number of carbonyl (C=O) groups is 2. The van der Waals surface area contributed by atoms with Gasteiger partial charge in [0.15, 0.2) is 6.10 Å². The van der Waals surface area contributed by atoms with Gasteiger partial charge in [0.1, 0.15) is 5.75 Å². The molecule has 1 aliphatic heterocycles. The number of amides is 2. The molecular formula is C18H19N3O5S. The van der Waals surface area contributed by atoms with Crippen LogP contribution in [0.5, 0.6) is 5.75 Å². The zero-order chi connectivity index (χ0) is 19.8. The summed E-state index contributed by atoms with van der Waals surface area (Å²) in [4.78, 5) is 26.4. The summed E-state index contributed by atoms with van der Waals surface area (Å²) < 4.78 is 29.2. The number of nitrogens with two attached hydrogens (primary N) is 1. The number of sulfonamides is 1. The maximum absolute atomic E-state index is 13.1. The molecule has 3 N–H and O–H groups in total. The van der Waals surface area contributed by atoms with Gasteiger partial charge in [0.05, 0.1) is 17.1 Å². The molecule has 1 heterocycles. The third-order valence-electron chi connectivity index (χ3n) is 4.30. The lowest BCUT2D eigenvalue weighted by atomic mass is 10.1. The molecule has 0 spiro atoms. The summed E-state index contributed by atoms with van der Waals surface area (Å²) >= 11 is 0. The average Bonchev–Trinajstić information content (AvgIpc) is 2.65. The number of hydrogen-bond acceptors (Lipinski definition) is 5. The lowest BCUT2D eigenvalue weighted by Crippen LogP contribution is -2.50. The Morgan fingerprint density at radius 3 is 2.59 bits per heavy atom. The molecule has 2 aromatic carbocycles. The molecule has 0 saturated heterocycles. The Kier molecular flexibility index (Phi) is 4.90. The molecular weight excluding hydrogens is 370 g/mol. The normalized spacial score (nSPS) is 16.3. The van der Waals surface area contributed by atoms with Gasteiger partial charge in [-0.2, -0.15) is 0 Å². The lowest BCUT2D eigenvalue weighted by molar-refractivity contribution is -0.127. The van der Waals surface area contributed by atoms with Gasteiger partial charge in [0.25, 0.3) is 11.8 Å². The molecule has 2 amide bonds. The summed E-state index contributed by atoms with van der Waals surface area (Å²) in [6.07, 6.45) is -0.878. The molecule has 0 radical (unpaired) electrons. The topological polar surface area (TPSA) is 119 Å². The largest absolute Gasteiger partial charge is 0.477 e. The summed E-state index contributed by atoms with van der Waals surface area (Å²) in [5, 5.41) is 7.74. The predicted molar refractivity (Wildman–Crippen MR) is 99.2 cm³/mol. The van der Waals surface area contributed by atoms with Crippen molar-refractivity contribution in [3.63, 3.8) is 0 Å². The molecule has 8 nitrogen and oxygen atoms in total. The van der Waals surface area contributed by atoms with E-state index < -0.39 is 22.0 Å². The highest BCUT2D eigenvalue weighted by Crippen LogP contribution is 2.34. The number of carbonyl (C=O) groups excluding carboxylic acids is 2. The number of aryl methyl sites for hydroxylation is 1. The van der Waals surface area contributed by atoms with Gasteiger partial charge in [-0.3, -0.25) is 9.59 Å². The van der Waals surface area contributed by atoms with Crippen LogP contribution in [0, 0.1) is 6.92 Å². The van der Waals surface area contributed by atoms with Crippen molar-refractivity contribution in [2.45, 2.75) is 17.9 Å². The number of hydrogen-bond donors (Lipinski definition) is 2. The molecule has 0 aromatic heterocycles. The summed E-state index contributed by atoms with van der Waals surface area (Å²) in [6.45, 7) is 1.59. The lowest BCUT2D eigenvalue weighted by Gasteiger charge is -2.34. The minimum atomic E-state index is -3.97. The summed E-state index contributed by atoms with van der Waals surface area (Å²) in [7, 11) is -2.49. The third-order valence-corrected chi connectivity index (χ3v) is 5.35. The molecule has 2 aromatic rings. The number of nitrogens with zero attached hydrogens (tertiary/aromatic N) is 1. The Bertz CT molecular complexity index is 1020. The van der Waals surface area contributed by atoms with Crippen LogP contribution < -0.4 is 20.1 Å². The smallest absolute Gasteiger partial charge is 0.262 e. The van der Waals surface area contributed by atoms with E-state index >= 15 is 0 Å². The van der Waals surface area contributed by atoms with E-state index in [1.165, 1.54) is 30.1 Å². The Labute approximate surface area is 157 Å². The van der Waals surface area contributed by atoms with Crippen LogP contribution in [0.4, 0.5) is 5.69 Å². The minimum absolute atomic E-state index is 0.00585. The van der Waals surface area contributed by atoms with E-state index in [9.17, 15) is 18.0 Å². The fourth-order valence-corrected chi connectivity index (χ4v) is 3.73. The second-order valence-electron chi connectivity index (χ2n) is 6.13. The monoisotopic (exact) mass is 389 g/mol. The van der Waals surface area contributed by atoms with Crippen molar-refractivity contribution in [3.05, 3.63) is 53.6 Å². The Balaban J connectivity index is 2.04. The van der Waals surface area contributed by atoms with E-state index in [-0.39, 0.29) is 22.9 Å². The molecule has 9 heteroatoms. The van der Waals surface area contributed by atoms with Crippen LogP contribution >= 0.6 is 0 Å². The number of benzene rings is 2. The maximum Gasteiger partial charge on any atom is 0.262 e. The fourth-order valence-electron chi connectivity index (χ4n) is 2.92. The second-order valence-corrected chi connectivity index (χ2v) is 7.66. The van der Waals surface area contributed by atoms with Crippen LogP contribution in [0.15, 0.2) is 47.4 Å². The molecule has 0 bridgehead atoms. The standard InChI is InChI=1S/C18H19N3O5S/c1-11-7-8-12(9-16(11)27(19,24)25)18(23)21-10-15(17(22)20-2)26-14-6-4-3-5-13(14)21/h3-9,15H,10H2,1-2H3,(H,20,22)(H2,19,24,25)/t15-/m1/s1. The summed E-state index contributed by atoms with van der Waals surface area (Å²) in [6, 6.07) is 11.1. The van der Waals surface area contributed by atoms with Gasteiger partial charge in [-0.05, 0) is 36.8 Å². The zero-order valence-corrected chi connectivity index (χ0v) is 15.6. The van der Waals surface area contributed by atoms with Crippen LogP contribution in [0.3, 0.4) is 0 Å². The number of ether oxygens (including phenoxy) is 1. The van der Waals surface area contributed by atoms with Crippen molar-refractivity contribution in [3.8, 4) is 5.75 Å². The van der Waals surface area contributed by atoms with Crippen molar-refractivity contribution in [2.24, 2.45) is 5.14 Å². The first kappa shape index (κ1) is 18.9. The van der Waals surface area contributed by atoms with Gasteiger partial charge in [-0.15, -0.1) is 0 Å². The molecule has 0 unspecified atom stereocenters. The van der Waals surface area contributed by atoms with Crippen molar-refractivity contribution >= 4 is 27.5 Å². The van der Waals surface area contributed by atoms with Crippen LogP contribution in [0.2, 0.25) is 0 Å². The molecule has 0 aliphatic carbocycles. The second kappa shape index (κ2) is 7.01. The first-order chi connectivity index (χ1) is 12.7. The Morgan fingerprint density at radius 1 is 1.22 bits per heavy atom. The van der Waals surface area contributed by atoms with Gasteiger partial charge in [-0.25, -0.2) is 13.6 Å². The van der Waals surface area contributed by atoms with Crippen LogP contribution in [0.1, 0.15) is 15.9 Å². The fraction of sp³-hybridized carbons (Fsp3) is 0.222. The zero-order valence-electron chi connectivity index (χ0n) is 14.8. The molecule has 0 fully saturated rings. The van der Waals surface area contributed by atoms with E-state index in [0.717, 1.165) is 0 Å². The number of anilines is 1. The maximum atomic E-state index is 13.1.